The van der Waals surface area contributed by atoms with E-state index in [9.17, 15) is 19.7 Å². The van der Waals surface area contributed by atoms with Crippen molar-refractivity contribution in [2.75, 3.05) is 13.2 Å². The molecule has 2 heterocycles. The first-order valence-electron chi connectivity index (χ1n) is 8.93. The number of hydrogen-bond acceptors (Lipinski definition) is 8. The van der Waals surface area contributed by atoms with Gasteiger partial charge in [-0.25, -0.2) is 19.1 Å². The van der Waals surface area contributed by atoms with Gasteiger partial charge >= 0.3 is 17.8 Å². The molecule has 28 heavy (non-hydrogen) atoms. The Hall–Kier alpha value is -3.17. The van der Waals surface area contributed by atoms with Crippen molar-refractivity contribution in [3.63, 3.8) is 0 Å². The SMILES string of the molecule is CCCOC(=O)C1=C(C)NC(C)=C(C(=O)OCC)C1c1ncc([N+](=O)[O-])n1C. The largest absolute Gasteiger partial charge is 0.463 e. The van der Waals surface area contributed by atoms with Crippen molar-refractivity contribution in [2.24, 2.45) is 7.05 Å². The lowest BCUT2D eigenvalue weighted by Crippen LogP contribution is -2.33. The van der Waals surface area contributed by atoms with Gasteiger partial charge in [-0.1, -0.05) is 6.92 Å². The summed E-state index contributed by atoms with van der Waals surface area (Å²) in [5.41, 5.74) is 1.31. The highest BCUT2D eigenvalue weighted by atomic mass is 16.6. The highest BCUT2D eigenvalue weighted by molar-refractivity contribution is 5.99. The molecule has 0 aromatic carbocycles. The van der Waals surface area contributed by atoms with Gasteiger partial charge in [0.25, 0.3) is 0 Å². The fraction of sp³-hybridized carbons (Fsp3) is 0.500. The highest BCUT2D eigenvalue weighted by Gasteiger charge is 2.42. The van der Waals surface area contributed by atoms with Gasteiger partial charge in [0.1, 0.15) is 12.1 Å². The lowest BCUT2D eigenvalue weighted by Gasteiger charge is -2.28. The number of rotatable bonds is 7. The maximum Gasteiger partial charge on any atom is 0.342 e. The molecule has 1 atom stereocenters. The highest BCUT2D eigenvalue weighted by Crippen LogP contribution is 2.39. The Morgan fingerprint density at radius 3 is 2.25 bits per heavy atom. The Morgan fingerprint density at radius 1 is 1.21 bits per heavy atom. The van der Waals surface area contributed by atoms with Gasteiger partial charge in [-0.2, -0.15) is 0 Å². The Balaban J connectivity index is 2.67. The van der Waals surface area contributed by atoms with E-state index in [-0.39, 0.29) is 36.0 Å². The molecule has 0 amide bonds. The Morgan fingerprint density at radius 2 is 1.79 bits per heavy atom. The van der Waals surface area contributed by atoms with E-state index in [1.54, 1.807) is 20.8 Å². The number of esters is 2. The number of hydrogen-bond donors (Lipinski definition) is 1. The molecule has 0 bridgehead atoms. The zero-order chi connectivity index (χ0) is 21.0. The molecule has 0 radical (unpaired) electrons. The number of nitrogens with zero attached hydrogens (tertiary/aromatic N) is 3. The number of carbonyl (C=O) groups is 2. The lowest BCUT2D eigenvalue weighted by molar-refractivity contribution is -0.391. The van der Waals surface area contributed by atoms with Crippen LogP contribution in [0.5, 0.6) is 0 Å². The normalized spacial score (nSPS) is 16.7. The van der Waals surface area contributed by atoms with Gasteiger partial charge in [0.2, 0.25) is 5.82 Å². The van der Waals surface area contributed by atoms with Crippen molar-refractivity contribution in [2.45, 2.75) is 40.0 Å². The summed E-state index contributed by atoms with van der Waals surface area (Å²) in [5.74, 6) is -2.27. The summed E-state index contributed by atoms with van der Waals surface area (Å²) in [6, 6.07) is 0. The van der Waals surface area contributed by atoms with E-state index >= 15 is 0 Å². The van der Waals surface area contributed by atoms with E-state index in [1.807, 2.05) is 6.92 Å². The van der Waals surface area contributed by atoms with Crippen molar-refractivity contribution in [1.82, 2.24) is 14.9 Å². The minimum absolute atomic E-state index is 0.140. The van der Waals surface area contributed by atoms with Crippen LogP contribution in [0.2, 0.25) is 0 Å². The van der Waals surface area contributed by atoms with Gasteiger partial charge in [0.05, 0.1) is 31.4 Å². The molecule has 1 aliphatic rings. The third-order valence-electron chi connectivity index (χ3n) is 4.36. The fourth-order valence-electron chi connectivity index (χ4n) is 3.13. The molecule has 0 spiro atoms. The molecule has 10 heteroatoms. The van der Waals surface area contributed by atoms with Crippen molar-refractivity contribution in [3.05, 3.63) is 44.7 Å². The predicted octanol–water partition coefficient (Wildman–Crippen LogP) is 2.08. The summed E-state index contributed by atoms with van der Waals surface area (Å²) < 4.78 is 11.7. The molecule has 1 aliphatic heterocycles. The third kappa shape index (κ3) is 3.90. The monoisotopic (exact) mass is 392 g/mol. The number of nitro groups is 1. The van der Waals surface area contributed by atoms with E-state index in [0.717, 1.165) is 6.20 Å². The predicted molar refractivity (Wildman–Crippen MR) is 99.0 cm³/mol. The number of ether oxygens (including phenoxy) is 2. The average Bonchev–Trinajstić information content (AvgIpc) is 3.00. The first kappa shape index (κ1) is 21.1. The van der Waals surface area contributed by atoms with Crippen molar-refractivity contribution >= 4 is 17.8 Å². The van der Waals surface area contributed by atoms with E-state index in [1.165, 1.54) is 11.6 Å². The maximum absolute atomic E-state index is 12.8. The molecular weight excluding hydrogens is 368 g/mol. The summed E-state index contributed by atoms with van der Waals surface area (Å²) in [5, 5.41) is 14.3. The van der Waals surface area contributed by atoms with Crippen LogP contribution in [0.25, 0.3) is 0 Å². The summed E-state index contributed by atoms with van der Waals surface area (Å²) in [4.78, 5) is 40.2. The van der Waals surface area contributed by atoms with Gasteiger partial charge in [-0.15, -0.1) is 0 Å². The molecule has 0 saturated heterocycles. The second-order valence-corrected chi connectivity index (χ2v) is 6.28. The minimum atomic E-state index is -0.955. The van der Waals surface area contributed by atoms with Crippen LogP contribution < -0.4 is 5.32 Å². The molecule has 2 rings (SSSR count). The van der Waals surface area contributed by atoms with Crippen LogP contribution in [-0.2, 0) is 26.1 Å². The van der Waals surface area contributed by atoms with Crippen LogP contribution in [0.3, 0.4) is 0 Å². The molecule has 152 valence electrons. The Kier molecular flexibility index (Phi) is 6.55. The van der Waals surface area contributed by atoms with Crippen LogP contribution in [0.1, 0.15) is 45.9 Å². The molecule has 10 nitrogen and oxygen atoms in total. The van der Waals surface area contributed by atoms with E-state index < -0.39 is 22.8 Å². The molecule has 1 aromatic heterocycles. The molecule has 0 saturated carbocycles. The number of aromatic nitrogens is 2. The van der Waals surface area contributed by atoms with Crippen LogP contribution >= 0.6 is 0 Å². The molecule has 1 unspecified atom stereocenters. The number of allylic oxidation sites excluding steroid dienone is 2. The number of dihydropyridines is 1. The van der Waals surface area contributed by atoms with Crippen molar-refractivity contribution in [3.8, 4) is 0 Å². The maximum atomic E-state index is 12.8. The first-order chi connectivity index (χ1) is 13.2. The molecule has 1 aromatic rings. The second-order valence-electron chi connectivity index (χ2n) is 6.28. The van der Waals surface area contributed by atoms with E-state index in [2.05, 4.69) is 10.3 Å². The summed E-state index contributed by atoms with van der Waals surface area (Å²) in [6.07, 6.45) is 1.73. The van der Waals surface area contributed by atoms with Gasteiger partial charge < -0.3 is 24.9 Å². The molecule has 1 N–H and O–H groups in total. The quantitative estimate of drug-likeness (QED) is 0.425. The van der Waals surface area contributed by atoms with Crippen LogP contribution in [0, 0.1) is 10.1 Å². The fourth-order valence-corrected chi connectivity index (χ4v) is 3.13. The lowest BCUT2D eigenvalue weighted by atomic mass is 9.84. The third-order valence-corrected chi connectivity index (χ3v) is 4.36. The van der Waals surface area contributed by atoms with Crippen LogP contribution in [-0.4, -0.2) is 39.6 Å². The smallest absolute Gasteiger partial charge is 0.342 e. The Labute approximate surface area is 162 Å². The average molecular weight is 392 g/mol. The van der Waals surface area contributed by atoms with Crippen molar-refractivity contribution in [1.29, 1.82) is 0 Å². The summed E-state index contributed by atoms with van der Waals surface area (Å²) >= 11 is 0. The van der Waals surface area contributed by atoms with Gasteiger partial charge in [0, 0.05) is 11.4 Å². The first-order valence-corrected chi connectivity index (χ1v) is 8.93. The zero-order valence-electron chi connectivity index (χ0n) is 16.6. The second kappa shape index (κ2) is 8.68. The number of nitrogens with one attached hydrogen (secondary N) is 1. The van der Waals surface area contributed by atoms with Gasteiger partial charge in [-0.3, -0.25) is 0 Å². The van der Waals surface area contributed by atoms with Crippen LogP contribution in [0.4, 0.5) is 5.82 Å². The molecule has 0 aliphatic carbocycles. The molecular formula is C18H24N4O6. The number of carbonyl (C=O) groups excluding carboxylic acids is 2. The van der Waals surface area contributed by atoms with Gasteiger partial charge in [0.15, 0.2) is 0 Å². The van der Waals surface area contributed by atoms with E-state index in [4.69, 9.17) is 9.47 Å². The topological polar surface area (TPSA) is 126 Å². The van der Waals surface area contributed by atoms with E-state index in [0.29, 0.717) is 17.8 Å². The minimum Gasteiger partial charge on any atom is -0.463 e. The number of imidazole rings is 1. The summed E-state index contributed by atoms with van der Waals surface area (Å²) in [6.45, 7) is 7.23. The Bertz CT molecular complexity index is 867. The van der Waals surface area contributed by atoms with Gasteiger partial charge in [-0.05, 0) is 32.1 Å². The summed E-state index contributed by atoms with van der Waals surface area (Å²) in [7, 11) is 1.46. The van der Waals surface area contributed by atoms with Crippen LogP contribution in [0.15, 0.2) is 28.7 Å². The standard InChI is InChI=1S/C18H24N4O6/c1-6-8-28-18(24)14-11(4)20-10(3)13(17(23)27-7-2)15(14)16-19-9-12(21(16)5)22(25)26/h9,15,20H,6-8H2,1-5H3. The van der Waals surface area contributed by atoms with Crippen molar-refractivity contribution < 1.29 is 24.0 Å². The molecule has 0 fully saturated rings. The zero-order valence-corrected chi connectivity index (χ0v) is 16.6.